The molecule has 2 aromatic carbocycles. The maximum atomic E-state index is 13.2. The fourth-order valence-electron chi connectivity index (χ4n) is 4.87. The van der Waals surface area contributed by atoms with Crippen LogP contribution in [-0.2, 0) is 36.8 Å². The van der Waals surface area contributed by atoms with Crippen LogP contribution in [0.3, 0.4) is 0 Å². The third kappa shape index (κ3) is 3.97. The van der Waals surface area contributed by atoms with Gasteiger partial charge in [0.1, 0.15) is 23.2 Å². The van der Waals surface area contributed by atoms with E-state index in [1.54, 1.807) is 30.3 Å². The monoisotopic (exact) mass is 511 g/mol. The third-order valence-corrected chi connectivity index (χ3v) is 8.18. The van der Waals surface area contributed by atoms with E-state index in [4.69, 9.17) is 15.2 Å². The number of carbonyl (C=O) groups excluding carboxylic acids is 4. The van der Waals surface area contributed by atoms with Gasteiger partial charge in [0.05, 0.1) is 12.0 Å². The minimum absolute atomic E-state index is 0.00466. The number of β-lactam (4-membered cyclic amide) rings is 1. The van der Waals surface area contributed by atoms with E-state index in [2.05, 4.69) is 5.32 Å². The Kier molecular flexibility index (Phi) is 5.92. The van der Waals surface area contributed by atoms with Gasteiger partial charge in [-0.05, 0) is 43.2 Å². The molecule has 2 saturated heterocycles. The number of hydrogen-bond donors (Lipinski definition) is 3. The minimum Gasteiger partial charge on any atom is -0.508 e. The quantitative estimate of drug-likeness (QED) is 0.386. The Balaban J connectivity index is 1.26. The number of cyclic esters (lactones) is 1. The molecular weight excluding hydrogens is 486 g/mol. The van der Waals surface area contributed by atoms with Gasteiger partial charge in [-0.2, -0.15) is 0 Å². The van der Waals surface area contributed by atoms with E-state index in [1.807, 2.05) is 13.8 Å². The van der Waals surface area contributed by atoms with Crippen molar-refractivity contribution < 1.29 is 33.8 Å². The molecule has 2 amide bonds. The number of aromatic hydroxyl groups is 1. The van der Waals surface area contributed by atoms with E-state index in [-0.39, 0.29) is 30.5 Å². The zero-order chi connectivity index (χ0) is 25.8. The summed E-state index contributed by atoms with van der Waals surface area (Å²) in [7, 11) is 0. The van der Waals surface area contributed by atoms with E-state index in [0.29, 0.717) is 22.3 Å². The lowest BCUT2D eigenvalue weighted by Gasteiger charge is -2.44. The number of hydrogen-bond acceptors (Lipinski definition) is 9. The first-order valence-corrected chi connectivity index (χ1v) is 12.3. The Hall–Kier alpha value is -3.57. The Morgan fingerprint density at radius 1 is 1.19 bits per heavy atom. The molecule has 0 aromatic heterocycles. The molecule has 2 fully saturated rings. The molecule has 3 aliphatic heterocycles. The number of fused-ring (bicyclic) bond motifs is 2. The summed E-state index contributed by atoms with van der Waals surface area (Å²) in [5.41, 5.74) is 7.80. The molecule has 0 spiro atoms. The highest BCUT2D eigenvalue weighted by Gasteiger charge is 2.64. The summed E-state index contributed by atoms with van der Waals surface area (Å²) >= 11 is 1.40. The van der Waals surface area contributed by atoms with Crippen LogP contribution in [0.5, 0.6) is 5.75 Å². The number of nitrogens with one attached hydrogen (secondary N) is 1. The summed E-state index contributed by atoms with van der Waals surface area (Å²) in [6, 6.07) is 9.56. The summed E-state index contributed by atoms with van der Waals surface area (Å²) in [5, 5.41) is 12.0. The second-order valence-corrected chi connectivity index (χ2v) is 11.2. The number of phenolic OH excluding ortho intramolecular Hbond substituents is 1. The Bertz CT molecular complexity index is 1280. The highest BCUT2D eigenvalue weighted by Crippen LogP contribution is 2.51. The van der Waals surface area contributed by atoms with E-state index >= 15 is 0 Å². The summed E-state index contributed by atoms with van der Waals surface area (Å²) in [4.78, 5) is 52.5. The number of nitrogens with two attached hydrogens (primary N) is 1. The molecule has 0 saturated carbocycles. The molecule has 3 heterocycles. The molecule has 3 aliphatic rings. The lowest BCUT2D eigenvalue weighted by atomic mass is 9.95. The molecular formula is C25H25N3O7S. The van der Waals surface area contributed by atoms with Crippen molar-refractivity contribution in [3.05, 3.63) is 64.7 Å². The standard InChI is InChI=1S/C25H25N3O7S/c1-25(2)19(23(33)35-24-16-6-4-3-5-15(16)22(32)34-24)28-20(31)18(21(28)36-25)27-17(30)10-12-7-8-14(29)9-13(12)11-26/h3-9,18-19,21,24,29H,10-11,26H2,1-2H3,(H,27,30)/t18?,19-,21+,24?/m0/s1. The average Bonchev–Trinajstić information content (AvgIpc) is 3.29. The molecule has 5 rings (SSSR count). The van der Waals surface area contributed by atoms with Gasteiger partial charge >= 0.3 is 11.9 Å². The van der Waals surface area contributed by atoms with Crippen LogP contribution >= 0.6 is 11.8 Å². The van der Waals surface area contributed by atoms with E-state index < -0.39 is 40.4 Å². The van der Waals surface area contributed by atoms with Crippen molar-refractivity contribution in [2.75, 3.05) is 0 Å². The number of amides is 2. The number of rotatable bonds is 6. The van der Waals surface area contributed by atoms with Crippen LogP contribution in [0.15, 0.2) is 42.5 Å². The van der Waals surface area contributed by atoms with E-state index in [1.165, 1.54) is 28.8 Å². The summed E-state index contributed by atoms with van der Waals surface area (Å²) in [6.07, 6.45) is -1.18. The van der Waals surface area contributed by atoms with Gasteiger partial charge in [0.15, 0.2) is 0 Å². The number of phenols is 1. The average molecular weight is 512 g/mol. The fraction of sp³-hybridized carbons (Fsp3) is 0.360. The summed E-state index contributed by atoms with van der Waals surface area (Å²) < 4.78 is 10.1. The van der Waals surface area contributed by atoms with Crippen molar-refractivity contribution in [3.63, 3.8) is 0 Å². The normalized spacial score (nSPS) is 25.5. The van der Waals surface area contributed by atoms with Gasteiger partial charge in [-0.15, -0.1) is 11.8 Å². The maximum absolute atomic E-state index is 13.2. The lowest BCUT2D eigenvalue weighted by molar-refractivity contribution is -0.180. The first-order chi connectivity index (χ1) is 17.1. The zero-order valence-electron chi connectivity index (χ0n) is 19.6. The smallest absolute Gasteiger partial charge is 0.342 e. The Morgan fingerprint density at radius 2 is 1.94 bits per heavy atom. The first kappa shape index (κ1) is 24.1. The van der Waals surface area contributed by atoms with Gasteiger partial charge < -0.3 is 30.5 Å². The van der Waals surface area contributed by atoms with Gasteiger partial charge in [-0.1, -0.05) is 24.3 Å². The molecule has 4 N–H and O–H groups in total. The fourth-order valence-corrected chi connectivity index (χ4v) is 6.49. The topological polar surface area (TPSA) is 148 Å². The van der Waals surface area contributed by atoms with Crippen molar-refractivity contribution in [1.82, 2.24) is 10.2 Å². The van der Waals surface area contributed by atoms with Crippen LogP contribution in [-0.4, -0.2) is 56.0 Å². The van der Waals surface area contributed by atoms with Crippen molar-refractivity contribution in [1.29, 1.82) is 0 Å². The maximum Gasteiger partial charge on any atom is 0.342 e. The Morgan fingerprint density at radius 3 is 2.69 bits per heavy atom. The summed E-state index contributed by atoms with van der Waals surface area (Å²) in [6.45, 7) is 3.81. The molecule has 2 unspecified atom stereocenters. The highest BCUT2D eigenvalue weighted by molar-refractivity contribution is 8.01. The van der Waals surface area contributed by atoms with Crippen molar-refractivity contribution in [2.45, 2.75) is 55.3 Å². The van der Waals surface area contributed by atoms with Gasteiger partial charge in [0, 0.05) is 16.9 Å². The van der Waals surface area contributed by atoms with Crippen LogP contribution in [0.1, 0.15) is 47.2 Å². The van der Waals surface area contributed by atoms with Gasteiger partial charge in [-0.3, -0.25) is 9.59 Å². The van der Waals surface area contributed by atoms with E-state index in [0.717, 1.165) is 0 Å². The summed E-state index contributed by atoms with van der Waals surface area (Å²) in [5.74, 6) is -1.95. The Labute approximate surface area is 211 Å². The number of thioether (sulfide) groups is 1. The molecule has 11 heteroatoms. The van der Waals surface area contributed by atoms with Crippen LogP contribution in [0.2, 0.25) is 0 Å². The number of ether oxygens (including phenoxy) is 2. The molecule has 10 nitrogen and oxygen atoms in total. The number of nitrogens with zero attached hydrogens (tertiary/aromatic N) is 1. The van der Waals surface area contributed by atoms with Gasteiger partial charge in [-0.25, -0.2) is 9.59 Å². The number of benzene rings is 2. The molecule has 0 bridgehead atoms. The SMILES string of the molecule is CC1(C)S[C@@H]2C(NC(=O)Cc3ccc(O)cc3CN)C(=O)N2[C@H]1C(=O)OC1OC(=O)c2ccccc21. The largest absolute Gasteiger partial charge is 0.508 e. The number of carbonyl (C=O) groups is 4. The molecule has 36 heavy (non-hydrogen) atoms. The highest BCUT2D eigenvalue weighted by atomic mass is 32.2. The molecule has 4 atom stereocenters. The number of esters is 2. The molecule has 2 aromatic rings. The lowest BCUT2D eigenvalue weighted by Crippen LogP contribution is -2.70. The second kappa shape index (κ2) is 8.82. The van der Waals surface area contributed by atoms with Crippen molar-refractivity contribution >= 4 is 35.5 Å². The van der Waals surface area contributed by atoms with Crippen LogP contribution < -0.4 is 11.1 Å². The first-order valence-electron chi connectivity index (χ1n) is 11.4. The predicted molar refractivity (Wildman–Crippen MR) is 128 cm³/mol. The van der Waals surface area contributed by atoms with Gasteiger partial charge in [0.2, 0.25) is 11.8 Å². The second-order valence-electron chi connectivity index (χ2n) is 9.40. The van der Waals surface area contributed by atoms with Crippen molar-refractivity contribution in [3.8, 4) is 5.75 Å². The third-order valence-electron chi connectivity index (χ3n) is 6.61. The minimum atomic E-state index is -1.17. The van der Waals surface area contributed by atoms with Crippen LogP contribution in [0, 0.1) is 0 Å². The molecule has 188 valence electrons. The van der Waals surface area contributed by atoms with Crippen LogP contribution in [0.4, 0.5) is 0 Å². The van der Waals surface area contributed by atoms with Gasteiger partial charge in [0.25, 0.3) is 6.29 Å². The molecule has 0 aliphatic carbocycles. The van der Waals surface area contributed by atoms with Crippen LogP contribution in [0.25, 0.3) is 0 Å². The van der Waals surface area contributed by atoms with E-state index in [9.17, 15) is 24.3 Å². The predicted octanol–water partition coefficient (Wildman–Crippen LogP) is 1.35. The zero-order valence-corrected chi connectivity index (χ0v) is 20.4. The molecule has 0 radical (unpaired) electrons. The van der Waals surface area contributed by atoms with Crippen molar-refractivity contribution in [2.24, 2.45) is 5.73 Å².